The summed E-state index contributed by atoms with van der Waals surface area (Å²) in [4.78, 5) is 25.0. The number of nitrogens with one attached hydrogen (secondary N) is 2. The summed E-state index contributed by atoms with van der Waals surface area (Å²) in [5, 5.41) is 5.72. The van der Waals surface area contributed by atoms with Gasteiger partial charge in [0.2, 0.25) is 0 Å². The lowest BCUT2D eigenvalue weighted by atomic mass is 10.1. The Bertz CT molecular complexity index is 1030. The molecule has 6 heteroatoms. The largest absolute Gasteiger partial charge is 0.491 e. The highest BCUT2D eigenvalue weighted by Crippen LogP contribution is 2.18. The van der Waals surface area contributed by atoms with Gasteiger partial charge in [-0.25, -0.2) is 0 Å². The van der Waals surface area contributed by atoms with E-state index in [1.165, 1.54) is 0 Å². The molecule has 0 aliphatic heterocycles. The fourth-order valence-corrected chi connectivity index (χ4v) is 2.96. The minimum absolute atomic E-state index is 0.170. The molecule has 0 aromatic heterocycles. The number of hydrogen-bond acceptors (Lipinski definition) is 4. The molecule has 31 heavy (non-hydrogen) atoms. The van der Waals surface area contributed by atoms with Crippen molar-refractivity contribution in [1.82, 2.24) is 0 Å². The Balaban J connectivity index is 1.57. The van der Waals surface area contributed by atoms with Crippen molar-refractivity contribution in [2.45, 2.75) is 13.8 Å². The summed E-state index contributed by atoms with van der Waals surface area (Å²) < 4.78 is 10.8. The molecule has 3 rings (SSSR count). The van der Waals surface area contributed by atoms with Gasteiger partial charge in [0.05, 0.1) is 6.61 Å². The minimum atomic E-state index is -0.244. The Morgan fingerprint density at radius 2 is 1.48 bits per heavy atom. The van der Waals surface area contributed by atoms with Crippen LogP contribution in [0.25, 0.3) is 0 Å². The highest BCUT2D eigenvalue weighted by Gasteiger charge is 2.10. The molecule has 3 aromatic rings. The van der Waals surface area contributed by atoms with Crippen molar-refractivity contribution in [3.63, 3.8) is 0 Å². The van der Waals surface area contributed by atoms with Crippen molar-refractivity contribution in [3.05, 3.63) is 89.5 Å². The molecule has 0 unspecified atom stereocenters. The molecule has 0 saturated heterocycles. The van der Waals surface area contributed by atoms with E-state index in [1.807, 2.05) is 32.0 Å². The van der Waals surface area contributed by atoms with Crippen molar-refractivity contribution in [1.29, 1.82) is 0 Å². The first-order valence-corrected chi connectivity index (χ1v) is 10.2. The molecule has 0 atom stereocenters. The first-order valence-electron chi connectivity index (χ1n) is 10.2. The zero-order chi connectivity index (χ0) is 22.1. The second kappa shape index (κ2) is 10.9. The van der Waals surface area contributed by atoms with Gasteiger partial charge in [0.25, 0.3) is 11.8 Å². The molecule has 160 valence electrons. The third-order valence-electron chi connectivity index (χ3n) is 4.59. The highest BCUT2D eigenvalue weighted by molar-refractivity contribution is 6.06. The van der Waals surface area contributed by atoms with Crippen molar-refractivity contribution in [2.75, 3.05) is 30.5 Å². The van der Waals surface area contributed by atoms with E-state index in [4.69, 9.17) is 9.47 Å². The molecular formula is C25H26N2O4. The van der Waals surface area contributed by atoms with Gasteiger partial charge in [-0.2, -0.15) is 0 Å². The molecule has 6 nitrogen and oxygen atoms in total. The van der Waals surface area contributed by atoms with Crippen LogP contribution in [0.1, 0.15) is 33.2 Å². The maximum Gasteiger partial charge on any atom is 0.255 e. The first kappa shape index (κ1) is 22.1. The lowest BCUT2D eigenvalue weighted by molar-refractivity contribution is 0.101. The predicted molar refractivity (Wildman–Crippen MR) is 122 cm³/mol. The van der Waals surface area contributed by atoms with Gasteiger partial charge in [-0.05, 0) is 67.9 Å². The van der Waals surface area contributed by atoms with E-state index < -0.39 is 0 Å². The lowest BCUT2D eigenvalue weighted by Crippen LogP contribution is -2.14. The van der Waals surface area contributed by atoms with Crippen LogP contribution in [0.5, 0.6) is 5.75 Å². The van der Waals surface area contributed by atoms with E-state index in [-0.39, 0.29) is 11.8 Å². The van der Waals surface area contributed by atoms with Crippen molar-refractivity contribution < 1.29 is 19.1 Å². The molecular weight excluding hydrogens is 392 g/mol. The molecule has 3 aromatic carbocycles. The first-order chi connectivity index (χ1) is 15.1. The molecule has 0 bridgehead atoms. The number of carbonyl (C=O) groups excluding carboxylic acids is 2. The third kappa shape index (κ3) is 6.42. The summed E-state index contributed by atoms with van der Waals surface area (Å²) in [6.07, 6.45) is 0. The smallest absolute Gasteiger partial charge is 0.255 e. The van der Waals surface area contributed by atoms with Crippen LogP contribution < -0.4 is 15.4 Å². The quantitative estimate of drug-likeness (QED) is 0.484. The van der Waals surface area contributed by atoms with Gasteiger partial charge in [-0.3, -0.25) is 9.59 Å². The van der Waals surface area contributed by atoms with Crippen LogP contribution in [-0.2, 0) is 4.74 Å². The van der Waals surface area contributed by atoms with E-state index in [0.717, 1.165) is 5.56 Å². The molecule has 0 spiro atoms. The SMILES string of the molecule is CCOCCOc1cccc(C(=O)Nc2ccc(NC(=O)c3ccccc3C)cc2)c1. The summed E-state index contributed by atoms with van der Waals surface area (Å²) in [7, 11) is 0. The highest BCUT2D eigenvalue weighted by atomic mass is 16.5. The van der Waals surface area contributed by atoms with Crippen LogP contribution in [0, 0.1) is 6.92 Å². The summed E-state index contributed by atoms with van der Waals surface area (Å²) in [6, 6.07) is 21.4. The minimum Gasteiger partial charge on any atom is -0.491 e. The van der Waals surface area contributed by atoms with Crippen molar-refractivity contribution in [2.24, 2.45) is 0 Å². The van der Waals surface area contributed by atoms with Gasteiger partial charge in [-0.15, -0.1) is 0 Å². The van der Waals surface area contributed by atoms with Gasteiger partial charge in [0.15, 0.2) is 0 Å². The molecule has 0 radical (unpaired) electrons. The van der Waals surface area contributed by atoms with Crippen LogP contribution in [0.2, 0.25) is 0 Å². The second-order valence-corrected chi connectivity index (χ2v) is 6.87. The number of carbonyl (C=O) groups is 2. The Kier molecular flexibility index (Phi) is 7.79. The summed E-state index contributed by atoms with van der Waals surface area (Å²) in [5.41, 5.74) is 3.31. The molecule has 2 amide bonds. The summed E-state index contributed by atoms with van der Waals surface area (Å²) in [5.74, 6) is 0.199. The maximum absolute atomic E-state index is 12.6. The standard InChI is InChI=1S/C25H26N2O4/c1-3-30-15-16-31-22-9-6-8-19(17-22)24(28)26-20-11-13-21(14-12-20)27-25(29)23-10-5-4-7-18(23)2/h4-14,17H,3,15-16H2,1-2H3,(H,26,28)(H,27,29). The Labute approximate surface area is 182 Å². The second-order valence-electron chi connectivity index (χ2n) is 6.87. The number of amides is 2. The van der Waals surface area contributed by atoms with Crippen LogP contribution in [0.4, 0.5) is 11.4 Å². The van der Waals surface area contributed by atoms with E-state index in [1.54, 1.807) is 54.6 Å². The number of benzene rings is 3. The van der Waals surface area contributed by atoms with Gasteiger partial charge in [0.1, 0.15) is 12.4 Å². The van der Waals surface area contributed by atoms with Gasteiger partial charge in [-0.1, -0.05) is 24.3 Å². The fraction of sp³-hybridized carbons (Fsp3) is 0.200. The number of rotatable bonds is 9. The maximum atomic E-state index is 12.6. The Hall–Kier alpha value is -3.64. The Morgan fingerprint density at radius 1 is 0.806 bits per heavy atom. The van der Waals surface area contributed by atoms with Crippen molar-refractivity contribution in [3.8, 4) is 5.75 Å². The van der Waals surface area contributed by atoms with E-state index in [0.29, 0.717) is 48.1 Å². The van der Waals surface area contributed by atoms with Crippen LogP contribution in [0.15, 0.2) is 72.8 Å². The van der Waals surface area contributed by atoms with Crippen molar-refractivity contribution >= 4 is 23.2 Å². The van der Waals surface area contributed by atoms with E-state index in [2.05, 4.69) is 10.6 Å². The zero-order valence-electron chi connectivity index (χ0n) is 17.7. The molecule has 0 heterocycles. The van der Waals surface area contributed by atoms with E-state index >= 15 is 0 Å². The fourth-order valence-electron chi connectivity index (χ4n) is 2.96. The average Bonchev–Trinajstić information content (AvgIpc) is 2.78. The number of anilines is 2. The lowest BCUT2D eigenvalue weighted by Gasteiger charge is -2.10. The average molecular weight is 418 g/mol. The van der Waals surface area contributed by atoms with Gasteiger partial charge >= 0.3 is 0 Å². The van der Waals surface area contributed by atoms with Crippen LogP contribution in [-0.4, -0.2) is 31.6 Å². The topological polar surface area (TPSA) is 76.7 Å². The van der Waals surface area contributed by atoms with Gasteiger partial charge < -0.3 is 20.1 Å². The van der Waals surface area contributed by atoms with E-state index in [9.17, 15) is 9.59 Å². The summed E-state index contributed by atoms with van der Waals surface area (Å²) >= 11 is 0. The number of hydrogen-bond donors (Lipinski definition) is 2. The molecule has 0 saturated carbocycles. The third-order valence-corrected chi connectivity index (χ3v) is 4.59. The predicted octanol–water partition coefficient (Wildman–Crippen LogP) is 4.91. The van der Waals surface area contributed by atoms with Gasteiger partial charge in [0, 0.05) is 29.1 Å². The molecule has 0 fully saturated rings. The Morgan fingerprint density at radius 3 is 2.16 bits per heavy atom. The number of ether oxygens (including phenoxy) is 2. The summed E-state index contributed by atoms with van der Waals surface area (Å²) in [6.45, 7) is 5.39. The zero-order valence-corrected chi connectivity index (χ0v) is 17.7. The van der Waals surface area contributed by atoms with Crippen LogP contribution >= 0.6 is 0 Å². The normalized spacial score (nSPS) is 10.4. The molecule has 0 aliphatic carbocycles. The number of aryl methyl sites for hydroxylation is 1. The monoisotopic (exact) mass is 418 g/mol. The molecule has 0 aliphatic rings. The van der Waals surface area contributed by atoms with Crippen LogP contribution in [0.3, 0.4) is 0 Å². The molecule has 2 N–H and O–H groups in total.